The Bertz CT molecular complexity index is 755. The molecule has 2 fully saturated rings. The number of ether oxygens (including phenoxy) is 2. The van der Waals surface area contributed by atoms with Gasteiger partial charge in [-0.15, -0.1) is 0 Å². The molecule has 1 aromatic heterocycles. The molecule has 2 aliphatic rings. The Morgan fingerprint density at radius 2 is 1.86 bits per heavy atom. The van der Waals surface area contributed by atoms with Crippen LogP contribution in [-0.2, 0) is 4.74 Å². The highest BCUT2D eigenvalue weighted by Crippen LogP contribution is 2.43. The number of piperidine rings is 1. The van der Waals surface area contributed by atoms with Gasteiger partial charge in [0.05, 0.1) is 12.0 Å². The smallest absolute Gasteiger partial charge is 0.410 e. The molecule has 3 rings (SSSR count). The number of hydrogen-bond acceptors (Lipinski definition) is 6. The summed E-state index contributed by atoms with van der Waals surface area (Å²) >= 11 is 6.08. The van der Waals surface area contributed by atoms with E-state index in [0.717, 1.165) is 45.4 Å². The number of likely N-dealkylation sites (tertiary alicyclic amines) is 1. The van der Waals surface area contributed by atoms with Crippen molar-refractivity contribution in [2.45, 2.75) is 52.6 Å². The molecule has 1 spiro atoms. The van der Waals surface area contributed by atoms with Crippen LogP contribution in [0.3, 0.4) is 0 Å². The van der Waals surface area contributed by atoms with E-state index in [0.29, 0.717) is 17.3 Å². The standard InChI is InChI=1S/C20H29ClN4O3/c1-6-27-15-14(2)22-17(21)23-16(15)24-10-7-20(8-11-24)9-12-25(13-20)18(26)28-19(3,4)5/h6H,1,7-13H2,2-5H3. The Morgan fingerprint density at radius 3 is 2.46 bits per heavy atom. The first kappa shape index (κ1) is 20.7. The molecule has 0 saturated carbocycles. The highest BCUT2D eigenvalue weighted by molar-refractivity contribution is 6.28. The normalized spacial score (nSPS) is 19.0. The van der Waals surface area contributed by atoms with Gasteiger partial charge < -0.3 is 19.3 Å². The molecule has 1 aromatic rings. The minimum Gasteiger partial charge on any atom is -0.460 e. The quantitative estimate of drug-likeness (QED) is 0.551. The number of anilines is 1. The van der Waals surface area contributed by atoms with Gasteiger partial charge in [-0.2, -0.15) is 4.98 Å². The van der Waals surface area contributed by atoms with E-state index in [1.54, 1.807) is 0 Å². The van der Waals surface area contributed by atoms with Crippen LogP contribution in [-0.4, -0.2) is 52.7 Å². The van der Waals surface area contributed by atoms with Gasteiger partial charge in [-0.1, -0.05) is 6.58 Å². The molecule has 0 radical (unpaired) electrons. The van der Waals surface area contributed by atoms with E-state index in [4.69, 9.17) is 21.1 Å². The fraction of sp³-hybridized carbons (Fsp3) is 0.650. The van der Waals surface area contributed by atoms with Crippen molar-refractivity contribution in [2.24, 2.45) is 5.41 Å². The molecule has 8 heteroatoms. The molecule has 1 amide bonds. The first-order chi connectivity index (χ1) is 13.1. The van der Waals surface area contributed by atoms with E-state index < -0.39 is 5.60 Å². The summed E-state index contributed by atoms with van der Waals surface area (Å²) in [7, 11) is 0. The largest absolute Gasteiger partial charge is 0.460 e. The van der Waals surface area contributed by atoms with Crippen LogP contribution in [0.5, 0.6) is 5.75 Å². The van der Waals surface area contributed by atoms with Crippen LogP contribution in [0.2, 0.25) is 5.28 Å². The molecule has 28 heavy (non-hydrogen) atoms. The lowest BCUT2D eigenvalue weighted by molar-refractivity contribution is 0.0266. The molecule has 0 atom stereocenters. The highest BCUT2D eigenvalue weighted by Gasteiger charge is 2.43. The molecular formula is C20H29ClN4O3. The van der Waals surface area contributed by atoms with Crippen molar-refractivity contribution in [1.82, 2.24) is 14.9 Å². The van der Waals surface area contributed by atoms with Crippen LogP contribution in [0.1, 0.15) is 45.7 Å². The van der Waals surface area contributed by atoms with E-state index in [2.05, 4.69) is 21.4 Å². The van der Waals surface area contributed by atoms with Crippen molar-refractivity contribution >= 4 is 23.5 Å². The van der Waals surface area contributed by atoms with Crippen LogP contribution in [0, 0.1) is 12.3 Å². The van der Waals surface area contributed by atoms with Gasteiger partial charge in [0.25, 0.3) is 0 Å². The van der Waals surface area contributed by atoms with Gasteiger partial charge in [0.1, 0.15) is 5.60 Å². The highest BCUT2D eigenvalue weighted by atomic mass is 35.5. The van der Waals surface area contributed by atoms with Crippen molar-refractivity contribution in [1.29, 1.82) is 0 Å². The minimum atomic E-state index is -0.470. The van der Waals surface area contributed by atoms with E-state index >= 15 is 0 Å². The maximum absolute atomic E-state index is 12.4. The SMILES string of the molecule is C=COc1c(C)nc(Cl)nc1N1CCC2(CCN(C(=O)OC(C)(C)C)C2)CC1. The Balaban J connectivity index is 1.67. The van der Waals surface area contributed by atoms with Crippen LogP contribution >= 0.6 is 11.6 Å². The molecule has 3 heterocycles. The lowest BCUT2D eigenvalue weighted by Crippen LogP contribution is -2.43. The molecule has 154 valence electrons. The number of carbonyl (C=O) groups is 1. The zero-order valence-corrected chi connectivity index (χ0v) is 17.9. The lowest BCUT2D eigenvalue weighted by Gasteiger charge is -2.40. The van der Waals surface area contributed by atoms with Gasteiger partial charge in [-0.25, -0.2) is 9.78 Å². The van der Waals surface area contributed by atoms with Gasteiger partial charge >= 0.3 is 6.09 Å². The average Bonchev–Trinajstić information content (AvgIpc) is 3.00. The number of rotatable bonds is 3. The van der Waals surface area contributed by atoms with Gasteiger partial charge in [-0.05, 0) is 64.0 Å². The second-order valence-electron chi connectivity index (χ2n) is 8.65. The zero-order chi connectivity index (χ0) is 20.5. The zero-order valence-electron chi connectivity index (χ0n) is 17.1. The lowest BCUT2D eigenvalue weighted by atomic mass is 9.78. The van der Waals surface area contributed by atoms with Crippen molar-refractivity contribution < 1.29 is 14.3 Å². The number of aromatic nitrogens is 2. The maximum Gasteiger partial charge on any atom is 0.410 e. The number of amides is 1. The monoisotopic (exact) mass is 408 g/mol. The molecule has 0 unspecified atom stereocenters. The van der Waals surface area contributed by atoms with Crippen LogP contribution in [0.4, 0.5) is 10.6 Å². The number of hydrogen-bond donors (Lipinski definition) is 0. The first-order valence-corrected chi connectivity index (χ1v) is 10.0. The van der Waals surface area contributed by atoms with Gasteiger partial charge in [-0.3, -0.25) is 0 Å². The van der Waals surface area contributed by atoms with Crippen LogP contribution in [0.15, 0.2) is 12.8 Å². The topological polar surface area (TPSA) is 67.8 Å². The molecule has 0 bridgehead atoms. The Labute approximate surface area is 171 Å². The third kappa shape index (κ3) is 4.51. The Morgan fingerprint density at radius 1 is 1.21 bits per heavy atom. The minimum absolute atomic E-state index is 0.138. The molecule has 2 saturated heterocycles. The Kier molecular flexibility index (Phi) is 5.75. The third-order valence-corrected chi connectivity index (χ3v) is 5.57. The fourth-order valence-corrected chi connectivity index (χ4v) is 4.17. The molecule has 0 aliphatic carbocycles. The van der Waals surface area contributed by atoms with Crippen molar-refractivity contribution in [3.63, 3.8) is 0 Å². The number of carbonyl (C=O) groups excluding carboxylic acids is 1. The number of aryl methyl sites for hydroxylation is 1. The molecule has 0 N–H and O–H groups in total. The van der Waals surface area contributed by atoms with Crippen LogP contribution < -0.4 is 9.64 Å². The number of halogens is 1. The maximum atomic E-state index is 12.4. The van der Waals surface area contributed by atoms with Crippen molar-refractivity contribution in [2.75, 3.05) is 31.1 Å². The summed E-state index contributed by atoms with van der Waals surface area (Å²) in [6.07, 6.45) is 4.11. The summed E-state index contributed by atoms with van der Waals surface area (Å²) in [6.45, 7) is 14.3. The predicted octanol–water partition coefficient (Wildman–Crippen LogP) is 4.19. The second-order valence-corrected chi connectivity index (χ2v) is 8.99. The fourth-order valence-electron chi connectivity index (χ4n) is 3.97. The molecular weight excluding hydrogens is 380 g/mol. The van der Waals surface area contributed by atoms with E-state index in [1.165, 1.54) is 6.26 Å². The van der Waals surface area contributed by atoms with E-state index in [9.17, 15) is 4.79 Å². The summed E-state index contributed by atoms with van der Waals surface area (Å²) < 4.78 is 11.1. The average molecular weight is 409 g/mol. The van der Waals surface area contributed by atoms with Gasteiger partial charge in [0, 0.05) is 26.2 Å². The van der Waals surface area contributed by atoms with Crippen molar-refractivity contribution in [3.8, 4) is 5.75 Å². The summed E-state index contributed by atoms with van der Waals surface area (Å²) in [6, 6.07) is 0. The summed E-state index contributed by atoms with van der Waals surface area (Å²) in [5.74, 6) is 1.30. The van der Waals surface area contributed by atoms with Crippen LogP contribution in [0.25, 0.3) is 0 Å². The van der Waals surface area contributed by atoms with Gasteiger partial charge in [0.15, 0.2) is 11.6 Å². The molecule has 2 aliphatic heterocycles. The summed E-state index contributed by atoms with van der Waals surface area (Å²) in [5.41, 5.74) is 0.354. The van der Waals surface area contributed by atoms with E-state index in [1.807, 2.05) is 32.6 Å². The second kappa shape index (κ2) is 7.78. The Hall–Kier alpha value is -2.02. The summed E-state index contributed by atoms with van der Waals surface area (Å²) in [5, 5.41) is 0.209. The molecule has 0 aromatic carbocycles. The van der Waals surface area contributed by atoms with E-state index in [-0.39, 0.29) is 16.8 Å². The molecule has 7 nitrogen and oxygen atoms in total. The summed E-state index contributed by atoms with van der Waals surface area (Å²) in [4.78, 5) is 25.0. The predicted molar refractivity (Wildman–Crippen MR) is 109 cm³/mol. The third-order valence-electron chi connectivity index (χ3n) is 5.40. The number of nitrogens with zero attached hydrogens (tertiary/aromatic N) is 4. The van der Waals surface area contributed by atoms with Crippen molar-refractivity contribution in [3.05, 3.63) is 23.8 Å². The first-order valence-electron chi connectivity index (χ1n) is 9.67. The van der Waals surface area contributed by atoms with Gasteiger partial charge in [0.2, 0.25) is 5.28 Å².